The van der Waals surface area contributed by atoms with E-state index in [1.807, 2.05) is 12.3 Å². The second-order valence-corrected chi connectivity index (χ2v) is 4.51. The van der Waals surface area contributed by atoms with Crippen LogP contribution in [0.3, 0.4) is 0 Å². The minimum absolute atomic E-state index is 0.149. The van der Waals surface area contributed by atoms with E-state index in [1.165, 1.54) is 37.8 Å². The van der Waals surface area contributed by atoms with Crippen LogP contribution in [0, 0.1) is 0 Å². The molecule has 0 bridgehead atoms. The maximum atomic E-state index is 10.6. The standard InChI is InChI=1S/C15H23NO/c1-14(17)10-7-5-3-2-4-6-8-11-15-12-9-13-16-15/h7,9-10,12-13,16H,2-6,8,11H2,1H3/b10-7+. The Kier molecular flexibility index (Phi) is 7.12. The molecule has 1 aromatic rings. The van der Waals surface area contributed by atoms with Gasteiger partial charge in [-0.15, -0.1) is 0 Å². The van der Waals surface area contributed by atoms with Crippen LogP contribution in [-0.2, 0) is 11.2 Å². The number of hydrogen-bond acceptors (Lipinski definition) is 1. The smallest absolute Gasteiger partial charge is 0.152 e. The molecule has 94 valence electrons. The predicted octanol–water partition coefficient (Wildman–Crippen LogP) is 4.04. The molecule has 0 amide bonds. The molecule has 0 aromatic carbocycles. The van der Waals surface area contributed by atoms with E-state index in [0.717, 1.165) is 12.8 Å². The number of carbonyl (C=O) groups excluding carboxylic acids is 1. The molecule has 1 aromatic heterocycles. The summed E-state index contributed by atoms with van der Waals surface area (Å²) < 4.78 is 0. The molecule has 1 heterocycles. The zero-order valence-corrected chi connectivity index (χ0v) is 10.7. The van der Waals surface area contributed by atoms with Crippen LogP contribution in [0.15, 0.2) is 30.5 Å². The molecule has 0 aliphatic carbocycles. The van der Waals surface area contributed by atoms with Gasteiger partial charge in [0.05, 0.1) is 0 Å². The minimum Gasteiger partial charge on any atom is -0.365 e. The van der Waals surface area contributed by atoms with Crippen LogP contribution in [-0.4, -0.2) is 10.8 Å². The molecule has 0 fully saturated rings. The highest BCUT2D eigenvalue weighted by Crippen LogP contribution is 2.08. The molecule has 0 radical (unpaired) electrons. The third kappa shape index (κ3) is 7.56. The predicted molar refractivity (Wildman–Crippen MR) is 72.0 cm³/mol. The average Bonchev–Trinajstić information content (AvgIpc) is 2.79. The van der Waals surface area contributed by atoms with E-state index in [-0.39, 0.29) is 5.78 Å². The van der Waals surface area contributed by atoms with Crippen molar-refractivity contribution in [1.82, 2.24) is 4.98 Å². The number of hydrogen-bond donors (Lipinski definition) is 1. The lowest BCUT2D eigenvalue weighted by atomic mass is 10.1. The van der Waals surface area contributed by atoms with Gasteiger partial charge in [-0.1, -0.05) is 25.3 Å². The fourth-order valence-corrected chi connectivity index (χ4v) is 1.88. The molecule has 0 saturated heterocycles. The van der Waals surface area contributed by atoms with Gasteiger partial charge in [-0.3, -0.25) is 4.79 Å². The summed E-state index contributed by atoms with van der Waals surface area (Å²) in [4.78, 5) is 13.9. The molecule has 0 unspecified atom stereocenters. The monoisotopic (exact) mass is 233 g/mol. The average molecular weight is 233 g/mol. The highest BCUT2D eigenvalue weighted by molar-refractivity contribution is 5.87. The van der Waals surface area contributed by atoms with Crippen LogP contribution in [0.1, 0.15) is 51.1 Å². The fourth-order valence-electron chi connectivity index (χ4n) is 1.88. The van der Waals surface area contributed by atoms with Crippen molar-refractivity contribution >= 4 is 5.78 Å². The molecule has 1 N–H and O–H groups in total. The Bertz CT molecular complexity index is 325. The zero-order chi connectivity index (χ0) is 12.3. The van der Waals surface area contributed by atoms with Crippen LogP contribution in [0.5, 0.6) is 0 Å². The second kappa shape index (κ2) is 8.80. The lowest BCUT2D eigenvalue weighted by Crippen LogP contribution is -1.86. The van der Waals surface area contributed by atoms with Crippen LogP contribution >= 0.6 is 0 Å². The van der Waals surface area contributed by atoms with Crippen molar-refractivity contribution in [2.45, 2.75) is 51.9 Å². The first-order valence-electron chi connectivity index (χ1n) is 6.58. The summed E-state index contributed by atoms with van der Waals surface area (Å²) in [5, 5.41) is 0. The van der Waals surface area contributed by atoms with E-state index in [0.29, 0.717) is 0 Å². The zero-order valence-electron chi connectivity index (χ0n) is 10.7. The number of aromatic amines is 1. The van der Waals surface area contributed by atoms with Gasteiger partial charge in [0.1, 0.15) is 0 Å². The number of nitrogens with one attached hydrogen (secondary N) is 1. The molecule has 0 atom stereocenters. The summed E-state index contributed by atoms with van der Waals surface area (Å²) in [6, 6.07) is 4.20. The lowest BCUT2D eigenvalue weighted by Gasteiger charge is -1.99. The van der Waals surface area contributed by atoms with E-state index in [2.05, 4.69) is 17.1 Å². The summed E-state index contributed by atoms with van der Waals surface area (Å²) in [7, 11) is 0. The number of aromatic nitrogens is 1. The lowest BCUT2D eigenvalue weighted by molar-refractivity contribution is -0.112. The Balaban J connectivity index is 1.86. The Morgan fingerprint density at radius 1 is 1.24 bits per heavy atom. The number of allylic oxidation sites excluding steroid dienone is 2. The van der Waals surface area contributed by atoms with Crippen molar-refractivity contribution in [2.75, 3.05) is 0 Å². The largest absolute Gasteiger partial charge is 0.365 e. The van der Waals surface area contributed by atoms with Gasteiger partial charge in [0, 0.05) is 11.9 Å². The van der Waals surface area contributed by atoms with Gasteiger partial charge < -0.3 is 4.98 Å². The Morgan fingerprint density at radius 2 is 2.00 bits per heavy atom. The van der Waals surface area contributed by atoms with Crippen molar-refractivity contribution in [3.05, 3.63) is 36.2 Å². The topological polar surface area (TPSA) is 32.9 Å². The second-order valence-electron chi connectivity index (χ2n) is 4.51. The van der Waals surface area contributed by atoms with Crippen molar-refractivity contribution < 1.29 is 4.79 Å². The van der Waals surface area contributed by atoms with Gasteiger partial charge in [-0.05, 0) is 50.8 Å². The molecule has 17 heavy (non-hydrogen) atoms. The Hall–Kier alpha value is -1.31. The summed E-state index contributed by atoms with van der Waals surface area (Å²) in [6.07, 6.45) is 14.2. The SMILES string of the molecule is CC(=O)/C=C/CCCCCCCc1ccc[nH]1. The van der Waals surface area contributed by atoms with Crippen molar-refractivity contribution in [3.8, 4) is 0 Å². The molecule has 2 heteroatoms. The normalized spacial score (nSPS) is 11.1. The summed E-state index contributed by atoms with van der Waals surface area (Å²) in [6.45, 7) is 1.59. The number of ketones is 1. The summed E-state index contributed by atoms with van der Waals surface area (Å²) in [5.41, 5.74) is 1.34. The van der Waals surface area contributed by atoms with E-state index in [4.69, 9.17) is 0 Å². The van der Waals surface area contributed by atoms with Crippen LogP contribution in [0.4, 0.5) is 0 Å². The molecule has 2 nitrogen and oxygen atoms in total. The van der Waals surface area contributed by atoms with E-state index >= 15 is 0 Å². The number of rotatable bonds is 9. The first kappa shape index (κ1) is 13.8. The van der Waals surface area contributed by atoms with Gasteiger partial charge in [0.2, 0.25) is 0 Å². The molecule has 0 spiro atoms. The number of H-pyrrole nitrogens is 1. The fraction of sp³-hybridized carbons (Fsp3) is 0.533. The third-order valence-corrected chi connectivity index (χ3v) is 2.83. The maximum Gasteiger partial charge on any atom is 0.152 e. The molecule has 0 aliphatic rings. The molecule has 1 rings (SSSR count). The molecular weight excluding hydrogens is 210 g/mol. The number of aryl methyl sites for hydroxylation is 1. The Labute approximate surface area is 104 Å². The van der Waals surface area contributed by atoms with Crippen molar-refractivity contribution in [2.24, 2.45) is 0 Å². The quantitative estimate of drug-likeness (QED) is 0.506. The number of unbranched alkanes of at least 4 members (excludes halogenated alkanes) is 5. The van der Waals surface area contributed by atoms with Crippen LogP contribution < -0.4 is 0 Å². The van der Waals surface area contributed by atoms with Gasteiger partial charge in [-0.25, -0.2) is 0 Å². The van der Waals surface area contributed by atoms with Crippen LogP contribution in [0.25, 0.3) is 0 Å². The van der Waals surface area contributed by atoms with Gasteiger partial charge in [0.15, 0.2) is 5.78 Å². The Morgan fingerprint density at radius 3 is 2.71 bits per heavy atom. The van der Waals surface area contributed by atoms with E-state index in [9.17, 15) is 4.79 Å². The van der Waals surface area contributed by atoms with Crippen LogP contribution in [0.2, 0.25) is 0 Å². The summed E-state index contributed by atoms with van der Waals surface area (Å²) in [5.74, 6) is 0.149. The highest BCUT2D eigenvalue weighted by Gasteiger charge is 1.93. The van der Waals surface area contributed by atoms with E-state index < -0.39 is 0 Å². The highest BCUT2D eigenvalue weighted by atomic mass is 16.1. The van der Waals surface area contributed by atoms with Gasteiger partial charge >= 0.3 is 0 Å². The van der Waals surface area contributed by atoms with Gasteiger partial charge in [-0.2, -0.15) is 0 Å². The van der Waals surface area contributed by atoms with Gasteiger partial charge in [0.25, 0.3) is 0 Å². The molecule has 0 aliphatic heterocycles. The third-order valence-electron chi connectivity index (χ3n) is 2.83. The molecule has 0 saturated carbocycles. The van der Waals surface area contributed by atoms with E-state index in [1.54, 1.807) is 13.0 Å². The van der Waals surface area contributed by atoms with Crippen molar-refractivity contribution in [3.63, 3.8) is 0 Å². The first-order chi connectivity index (χ1) is 8.29. The van der Waals surface area contributed by atoms with Crippen molar-refractivity contribution in [1.29, 1.82) is 0 Å². The summed E-state index contributed by atoms with van der Waals surface area (Å²) >= 11 is 0. The number of carbonyl (C=O) groups is 1. The first-order valence-corrected chi connectivity index (χ1v) is 6.58. The molecular formula is C15H23NO. The maximum absolute atomic E-state index is 10.6. The minimum atomic E-state index is 0.149.